The molecule has 0 saturated heterocycles. The Labute approximate surface area is 95.8 Å². The lowest BCUT2D eigenvalue weighted by molar-refractivity contribution is 0.101. The zero-order valence-electron chi connectivity index (χ0n) is 7.50. The number of benzene rings is 1. The van der Waals surface area contributed by atoms with Crippen LogP contribution in [-0.4, -0.2) is 10.9 Å². The Morgan fingerprint density at radius 3 is 2.71 bits per heavy atom. The Morgan fingerprint density at radius 1 is 1.57 bits per heavy atom. The lowest BCUT2D eigenvalue weighted by Gasteiger charge is -2.10. The van der Waals surface area contributed by atoms with Gasteiger partial charge in [-0.05, 0) is 47.2 Å². The van der Waals surface area contributed by atoms with Crippen molar-refractivity contribution in [3.63, 3.8) is 0 Å². The van der Waals surface area contributed by atoms with Crippen LogP contribution in [0, 0.1) is 0 Å². The molecule has 14 heavy (non-hydrogen) atoms. The number of thiocarbonyl (C=S) groups is 1. The van der Waals surface area contributed by atoms with Crippen LogP contribution in [0.5, 0.6) is 0 Å². The zero-order chi connectivity index (χ0) is 10.7. The number of para-hydroxylation sites is 1. The summed E-state index contributed by atoms with van der Waals surface area (Å²) in [6.45, 7) is 1.49. The molecule has 0 saturated carbocycles. The zero-order valence-corrected chi connectivity index (χ0v) is 9.91. The SMILES string of the molecule is CC(=O)c1cccc(Br)c1NC(N)=S. The largest absolute Gasteiger partial charge is 0.376 e. The molecule has 0 bridgehead atoms. The maximum absolute atomic E-state index is 11.3. The highest BCUT2D eigenvalue weighted by molar-refractivity contribution is 9.10. The van der Waals surface area contributed by atoms with Crippen molar-refractivity contribution >= 4 is 44.7 Å². The summed E-state index contributed by atoms with van der Waals surface area (Å²) < 4.78 is 0.762. The molecule has 1 aromatic carbocycles. The van der Waals surface area contributed by atoms with Crippen molar-refractivity contribution in [2.45, 2.75) is 6.92 Å². The fourth-order valence-corrected chi connectivity index (χ4v) is 1.64. The fourth-order valence-electron chi connectivity index (χ4n) is 1.07. The summed E-state index contributed by atoms with van der Waals surface area (Å²) in [6.07, 6.45) is 0. The van der Waals surface area contributed by atoms with Crippen molar-refractivity contribution in [3.05, 3.63) is 28.2 Å². The Kier molecular flexibility index (Phi) is 3.60. The second-order valence-electron chi connectivity index (χ2n) is 2.71. The molecule has 0 unspecified atom stereocenters. The number of hydrogen-bond acceptors (Lipinski definition) is 2. The predicted molar refractivity (Wildman–Crippen MR) is 64.6 cm³/mol. The minimum atomic E-state index is -0.0370. The van der Waals surface area contributed by atoms with Gasteiger partial charge in [0.25, 0.3) is 0 Å². The number of anilines is 1. The Morgan fingerprint density at radius 2 is 2.21 bits per heavy atom. The third-order valence-electron chi connectivity index (χ3n) is 1.64. The number of carbonyl (C=O) groups excluding carboxylic acids is 1. The number of nitrogens with one attached hydrogen (secondary N) is 1. The van der Waals surface area contributed by atoms with E-state index in [-0.39, 0.29) is 10.9 Å². The molecule has 0 heterocycles. The van der Waals surface area contributed by atoms with Crippen molar-refractivity contribution < 1.29 is 4.79 Å². The number of nitrogens with two attached hydrogens (primary N) is 1. The molecule has 0 radical (unpaired) electrons. The first kappa shape index (κ1) is 11.1. The Bertz CT molecular complexity index is 392. The van der Waals surface area contributed by atoms with Gasteiger partial charge in [-0.1, -0.05) is 6.07 Å². The number of rotatable bonds is 2. The van der Waals surface area contributed by atoms with Gasteiger partial charge in [-0.2, -0.15) is 0 Å². The van der Waals surface area contributed by atoms with Crippen LogP contribution >= 0.6 is 28.1 Å². The quantitative estimate of drug-likeness (QED) is 0.641. The number of hydrogen-bond donors (Lipinski definition) is 2. The van der Waals surface area contributed by atoms with Crippen LogP contribution in [0.15, 0.2) is 22.7 Å². The van der Waals surface area contributed by atoms with Gasteiger partial charge in [0.15, 0.2) is 10.9 Å². The van der Waals surface area contributed by atoms with Crippen LogP contribution in [0.25, 0.3) is 0 Å². The summed E-state index contributed by atoms with van der Waals surface area (Å²) in [6, 6.07) is 5.31. The Balaban J connectivity index is 3.22. The molecular formula is C9H9BrN2OS. The predicted octanol–water partition coefficient (Wildman–Crippen LogP) is 2.31. The molecule has 1 aromatic rings. The van der Waals surface area contributed by atoms with E-state index in [0.29, 0.717) is 11.3 Å². The number of halogens is 1. The van der Waals surface area contributed by atoms with E-state index in [1.165, 1.54) is 6.92 Å². The minimum absolute atomic E-state index is 0.0370. The molecule has 0 aromatic heterocycles. The number of carbonyl (C=O) groups is 1. The minimum Gasteiger partial charge on any atom is -0.376 e. The average molecular weight is 273 g/mol. The first-order chi connectivity index (χ1) is 6.52. The highest BCUT2D eigenvalue weighted by Gasteiger charge is 2.10. The molecule has 74 valence electrons. The van der Waals surface area contributed by atoms with Crippen LogP contribution in [0.4, 0.5) is 5.69 Å². The second kappa shape index (κ2) is 4.52. The van der Waals surface area contributed by atoms with Crippen LogP contribution in [-0.2, 0) is 0 Å². The molecule has 0 atom stereocenters. The standard InChI is InChI=1S/C9H9BrN2OS/c1-5(13)6-3-2-4-7(10)8(6)12-9(11)14/h2-4H,1H3,(H3,11,12,14). The van der Waals surface area contributed by atoms with Crippen molar-refractivity contribution in [1.29, 1.82) is 0 Å². The highest BCUT2D eigenvalue weighted by Crippen LogP contribution is 2.26. The van der Waals surface area contributed by atoms with E-state index in [9.17, 15) is 4.79 Å². The molecule has 0 amide bonds. The molecule has 0 fully saturated rings. The highest BCUT2D eigenvalue weighted by atomic mass is 79.9. The summed E-state index contributed by atoms with van der Waals surface area (Å²) in [5, 5.41) is 2.90. The van der Waals surface area contributed by atoms with Crippen molar-refractivity contribution in [1.82, 2.24) is 0 Å². The van der Waals surface area contributed by atoms with E-state index >= 15 is 0 Å². The third-order valence-corrected chi connectivity index (χ3v) is 2.40. The average Bonchev–Trinajstić information content (AvgIpc) is 2.07. The van der Waals surface area contributed by atoms with Gasteiger partial charge in [-0.3, -0.25) is 4.79 Å². The maximum atomic E-state index is 11.3. The maximum Gasteiger partial charge on any atom is 0.168 e. The smallest absolute Gasteiger partial charge is 0.168 e. The number of ketones is 1. The van der Waals surface area contributed by atoms with Crippen LogP contribution in [0.2, 0.25) is 0 Å². The topological polar surface area (TPSA) is 55.1 Å². The van der Waals surface area contributed by atoms with Gasteiger partial charge in [0, 0.05) is 10.0 Å². The first-order valence-corrected chi connectivity index (χ1v) is 5.08. The summed E-state index contributed by atoms with van der Waals surface area (Å²) >= 11 is 8.03. The van der Waals surface area contributed by atoms with Crippen molar-refractivity contribution in [2.75, 3.05) is 5.32 Å². The van der Waals surface area contributed by atoms with Gasteiger partial charge in [0.2, 0.25) is 0 Å². The third kappa shape index (κ3) is 2.52. The van der Waals surface area contributed by atoms with Gasteiger partial charge in [-0.25, -0.2) is 0 Å². The van der Waals surface area contributed by atoms with E-state index in [2.05, 4.69) is 21.2 Å². The summed E-state index contributed by atoms with van der Waals surface area (Å²) in [7, 11) is 0. The molecule has 0 aliphatic carbocycles. The van der Waals surface area contributed by atoms with Crippen molar-refractivity contribution in [2.24, 2.45) is 5.73 Å². The fraction of sp³-hybridized carbons (Fsp3) is 0.111. The lowest BCUT2D eigenvalue weighted by atomic mass is 10.1. The van der Waals surface area contributed by atoms with Crippen LogP contribution in [0.3, 0.4) is 0 Å². The van der Waals surface area contributed by atoms with Gasteiger partial charge in [0.1, 0.15) is 0 Å². The summed E-state index contributed by atoms with van der Waals surface area (Å²) in [4.78, 5) is 11.3. The van der Waals surface area contributed by atoms with E-state index in [1.54, 1.807) is 12.1 Å². The van der Waals surface area contributed by atoms with E-state index < -0.39 is 0 Å². The Hall–Kier alpha value is -0.940. The monoisotopic (exact) mass is 272 g/mol. The molecule has 1 rings (SSSR count). The molecular weight excluding hydrogens is 264 g/mol. The first-order valence-electron chi connectivity index (χ1n) is 3.88. The van der Waals surface area contributed by atoms with Gasteiger partial charge in [0.05, 0.1) is 5.69 Å². The van der Waals surface area contributed by atoms with E-state index in [4.69, 9.17) is 18.0 Å². The normalized spacial score (nSPS) is 9.57. The molecule has 0 aliphatic rings. The van der Waals surface area contributed by atoms with E-state index in [1.807, 2.05) is 6.07 Å². The van der Waals surface area contributed by atoms with Gasteiger partial charge >= 0.3 is 0 Å². The van der Waals surface area contributed by atoms with Gasteiger partial charge in [-0.15, -0.1) is 0 Å². The van der Waals surface area contributed by atoms with E-state index in [0.717, 1.165) is 4.47 Å². The number of Topliss-reactive ketones (excluding diaryl/α,β-unsaturated/α-hetero) is 1. The van der Waals surface area contributed by atoms with Gasteiger partial charge < -0.3 is 11.1 Å². The molecule has 5 heteroatoms. The molecule has 0 aliphatic heterocycles. The van der Waals surface area contributed by atoms with Crippen molar-refractivity contribution in [3.8, 4) is 0 Å². The molecule has 3 N–H and O–H groups in total. The van der Waals surface area contributed by atoms with Crippen LogP contribution < -0.4 is 11.1 Å². The summed E-state index contributed by atoms with van der Waals surface area (Å²) in [5.74, 6) is -0.0370. The summed E-state index contributed by atoms with van der Waals surface area (Å²) in [5.41, 5.74) is 6.53. The second-order valence-corrected chi connectivity index (χ2v) is 4.00. The van der Waals surface area contributed by atoms with Crippen LogP contribution in [0.1, 0.15) is 17.3 Å². The molecule has 0 spiro atoms. The lowest BCUT2D eigenvalue weighted by Crippen LogP contribution is -2.20. The molecule has 3 nitrogen and oxygen atoms in total.